The number of benzene rings is 1. The summed E-state index contributed by atoms with van der Waals surface area (Å²) >= 11 is 0. The average Bonchev–Trinajstić information content (AvgIpc) is 3.14. The van der Waals surface area contributed by atoms with Gasteiger partial charge >= 0.3 is 0 Å². The van der Waals surface area contributed by atoms with E-state index in [1.54, 1.807) is 0 Å². The number of rotatable bonds is 7. The molecule has 2 heterocycles. The maximum Gasteiger partial charge on any atom is 0.224 e. The molecule has 25 heavy (non-hydrogen) atoms. The minimum atomic E-state index is -0.0690. The van der Waals surface area contributed by atoms with Gasteiger partial charge in [0, 0.05) is 39.0 Å². The molecule has 132 valence electrons. The number of nitrogens with one attached hydrogen (secondary N) is 1. The predicted molar refractivity (Wildman–Crippen MR) is 97.0 cm³/mol. The van der Waals surface area contributed by atoms with E-state index in [0.29, 0.717) is 19.4 Å². The van der Waals surface area contributed by atoms with Crippen molar-refractivity contribution in [3.63, 3.8) is 0 Å². The van der Waals surface area contributed by atoms with Gasteiger partial charge in [0.2, 0.25) is 11.8 Å². The van der Waals surface area contributed by atoms with Crippen LogP contribution in [0.4, 0.5) is 0 Å². The summed E-state index contributed by atoms with van der Waals surface area (Å²) in [6.07, 6.45) is 6.55. The van der Waals surface area contributed by atoms with E-state index in [4.69, 9.17) is 0 Å². The number of carbonyl (C=O) groups excluding carboxylic acids is 2. The van der Waals surface area contributed by atoms with Crippen molar-refractivity contribution in [1.29, 1.82) is 0 Å². The summed E-state index contributed by atoms with van der Waals surface area (Å²) in [4.78, 5) is 26.2. The Hall–Kier alpha value is -2.56. The van der Waals surface area contributed by atoms with Gasteiger partial charge in [-0.1, -0.05) is 30.3 Å². The van der Waals surface area contributed by atoms with E-state index in [9.17, 15) is 9.59 Å². The quantitative estimate of drug-likeness (QED) is 0.838. The van der Waals surface area contributed by atoms with E-state index in [-0.39, 0.29) is 17.9 Å². The normalized spacial score (nSPS) is 17.1. The summed E-state index contributed by atoms with van der Waals surface area (Å²) < 4.78 is 1.93. The van der Waals surface area contributed by atoms with Crippen LogP contribution in [0.1, 0.15) is 24.0 Å². The first-order valence-corrected chi connectivity index (χ1v) is 8.82. The fraction of sp³-hybridized carbons (Fsp3) is 0.400. The zero-order chi connectivity index (χ0) is 17.6. The van der Waals surface area contributed by atoms with Gasteiger partial charge in [0.05, 0.1) is 12.5 Å². The molecule has 0 radical (unpaired) electrons. The van der Waals surface area contributed by atoms with Gasteiger partial charge in [-0.05, 0) is 30.0 Å². The fourth-order valence-electron chi connectivity index (χ4n) is 3.33. The Bertz CT molecular complexity index is 724. The van der Waals surface area contributed by atoms with Gasteiger partial charge in [0.1, 0.15) is 0 Å². The van der Waals surface area contributed by atoms with Crippen LogP contribution in [0.5, 0.6) is 0 Å². The van der Waals surface area contributed by atoms with Crippen LogP contribution in [0.2, 0.25) is 0 Å². The topological polar surface area (TPSA) is 54.3 Å². The lowest BCUT2D eigenvalue weighted by molar-refractivity contribution is -0.127. The van der Waals surface area contributed by atoms with Gasteiger partial charge in [-0.25, -0.2) is 0 Å². The summed E-state index contributed by atoms with van der Waals surface area (Å²) in [5.41, 5.74) is 2.28. The first-order valence-electron chi connectivity index (χ1n) is 8.82. The molecule has 3 rings (SSSR count). The monoisotopic (exact) mass is 339 g/mol. The van der Waals surface area contributed by atoms with E-state index in [2.05, 4.69) is 17.4 Å². The lowest BCUT2D eigenvalue weighted by atomic mass is 10.1. The average molecular weight is 339 g/mol. The molecule has 1 aliphatic rings. The van der Waals surface area contributed by atoms with Crippen molar-refractivity contribution in [2.45, 2.75) is 31.7 Å². The van der Waals surface area contributed by atoms with Crippen LogP contribution in [0.3, 0.4) is 0 Å². The molecular weight excluding hydrogens is 314 g/mol. The van der Waals surface area contributed by atoms with Crippen LogP contribution in [-0.2, 0) is 29.5 Å². The molecule has 1 atom stereocenters. The minimum absolute atomic E-state index is 0.0184. The highest BCUT2D eigenvalue weighted by Crippen LogP contribution is 2.13. The van der Waals surface area contributed by atoms with Crippen LogP contribution >= 0.6 is 0 Å². The molecule has 1 saturated heterocycles. The zero-order valence-electron chi connectivity index (χ0n) is 14.6. The highest BCUT2D eigenvalue weighted by Gasteiger charge is 2.30. The molecule has 0 saturated carbocycles. The van der Waals surface area contributed by atoms with Crippen molar-refractivity contribution in [2.24, 2.45) is 7.05 Å². The van der Waals surface area contributed by atoms with E-state index in [0.717, 1.165) is 24.9 Å². The Labute approximate surface area is 148 Å². The highest BCUT2D eigenvalue weighted by atomic mass is 16.2. The lowest BCUT2D eigenvalue weighted by Crippen LogP contribution is -2.38. The zero-order valence-corrected chi connectivity index (χ0v) is 14.6. The number of aryl methyl sites for hydroxylation is 2. The molecule has 5 heteroatoms. The van der Waals surface area contributed by atoms with E-state index < -0.39 is 0 Å². The molecule has 0 unspecified atom stereocenters. The standard InChI is InChI=1S/C20H25N3O2/c1-22-11-9-17(14-22)12-19(24)21-18-13-20(25)23(15-18)10-5-8-16-6-3-2-4-7-16/h2-4,6-7,9,11,14,18H,5,8,10,12-13,15H2,1H3,(H,21,24)/t18-/m1/s1. The molecule has 5 nitrogen and oxygen atoms in total. The smallest absolute Gasteiger partial charge is 0.224 e. The molecule has 1 aromatic carbocycles. The number of carbonyl (C=O) groups is 2. The van der Waals surface area contributed by atoms with Crippen LogP contribution in [0.25, 0.3) is 0 Å². The molecule has 1 fully saturated rings. The summed E-state index contributed by atoms with van der Waals surface area (Å²) in [6.45, 7) is 1.37. The van der Waals surface area contributed by atoms with E-state index >= 15 is 0 Å². The third-order valence-electron chi connectivity index (χ3n) is 4.57. The molecule has 0 aliphatic carbocycles. The Morgan fingerprint density at radius 3 is 2.72 bits per heavy atom. The summed E-state index contributed by atoms with van der Waals surface area (Å²) in [5, 5.41) is 2.99. The number of hydrogen-bond acceptors (Lipinski definition) is 2. The lowest BCUT2D eigenvalue weighted by Gasteiger charge is -2.17. The van der Waals surface area contributed by atoms with E-state index in [1.165, 1.54) is 5.56 Å². The summed E-state index contributed by atoms with van der Waals surface area (Å²) in [7, 11) is 1.93. The maximum absolute atomic E-state index is 12.1. The van der Waals surface area contributed by atoms with Crippen molar-refractivity contribution in [1.82, 2.24) is 14.8 Å². The Morgan fingerprint density at radius 1 is 1.20 bits per heavy atom. The van der Waals surface area contributed by atoms with Crippen molar-refractivity contribution in [3.8, 4) is 0 Å². The summed E-state index contributed by atoms with van der Waals surface area (Å²) in [6, 6.07) is 12.2. The second-order valence-electron chi connectivity index (χ2n) is 6.76. The van der Waals surface area contributed by atoms with Gasteiger partial charge in [-0.3, -0.25) is 9.59 Å². The van der Waals surface area contributed by atoms with Crippen molar-refractivity contribution >= 4 is 11.8 Å². The summed E-state index contributed by atoms with van der Waals surface area (Å²) in [5.74, 6) is 0.119. The second-order valence-corrected chi connectivity index (χ2v) is 6.76. The van der Waals surface area contributed by atoms with Crippen molar-refractivity contribution in [3.05, 3.63) is 59.9 Å². The van der Waals surface area contributed by atoms with Crippen LogP contribution in [0, 0.1) is 0 Å². The van der Waals surface area contributed by atoms with Crippen LogP contribution in [0.15, 0.2) is 48.8 Å². The highest BCUT2D eigenvalue weighted by molar-refractivity contribution is 5.83. The van der Waals surface area contributed by atoms with Gasteiger partial charge in [-0.2, -0.15) is 0 Å². The number of hydrogen-bond donors (Lipinski definition) is 1. The predicted octanol–water partition coefficient (Wildman–Crippen LogP) is 1.92. The molecule has 1 aliphatic heterocycles. The third-order valence-corrected chi connectivity index (χ3v) is 4.57. The van der Waals surface area contributed by atoms with Gasteiger partial charge in [0.15, 0.2) is 0 Å². The molecule has 2 amide bonds. The van der Waals surface area contributed by atoms with Crippen LogP contribution < -0.4 is 5.32 Å². The number of likely N-dealkylation sites (tertiary alicyclic amines) is 1. The van der Waals surface area contributed by atoms with Gasteiger partial charge in [0.25, 0.3) is 0 Å². The second kappa shape index (κ2) is 8.01. The van der Waals surface area contributed by atoms with E-state index in [1.807, 2.05) is 53.2 Å². The van der Waals surface area contributed by atoms with Gasteiger partial charge in [-0.15, -0.1) is 0 Å². The third kappa shape index (κ3) is 4.95. The molecular formula is C20H25N3O2. The molecule has 0 bridgehead atoms. The maximum atomic E-state index is 12.1. The number of aromatic nitrogens is 1. The van der Waals surface area contributed by atoms with Crippen LogP contribution in [-0.4, -0.2) is 40.4 Å². The molecule has 1 aromatic heterocycles. The Morgan fingerprint density at radius 2 is 2.00 bits per heavy atom. The first-order chi connectivity index (χ1) is 12.1. The largest absolute Gasteiger partial charge is 0.357 e. The number of amides is 2. The van der Waals surface area contributed by atoms with Gasteiger partial charge < -0.3 is 14.8 Å². The number of nitrogens with zero attached hydrogens (tertiary/aromatic N) is 2. The molecule has 1 N–H and O–H groups in total. The SMILES string of the molecule is Cn1ccc(CC(=O)N[C@@H]2CC(=O)N(CCCc3ccccc3)C2)c1. The minimum Gasteiger partial charge on any atom is -0.357 e. The first kappa shape index (κ1) is 17.3. The van der Waals surface area contributed by atoms with Crippen molar-refractivity contribution in [2.75, 3.05) is 13.1 Å². The Balaban J connectivity index is 1.41. The Kier molecular flexibility index (Phi) is 5.53. The molecule has 2 aromatic rings. The molecule has 0 spiro atoms. The van der Waals surface area contributed by atoms with Crippen molar-refractivity contribution < 1.29 is 9.59 Å². The fourth-order valence-corrected chi connectivity index (χ4v) is 3.33.